The van der Waals surface area contributed by atoms with Gasteiger partial charge in [0.2, 0.25) is 0 Å². The van der Waals surface area contributed by atoms with Gasteiger partial charge >= 0.3 is 7.12 Å². The molecule has 0 saturated carbocycles. The SMILES string of the molecule is C[Si](C)(C)CCOCC1C(B(O)O)=Cc2ccccc21. The van der Waals surface area contributed by atoms with E-state index in [-0.39, 0.29) is 5.92 Å². The number of ether oxygens (including phenoxy) is 1. The first-order valence-electron chi connectivity index (χ1n) is 7.13. The molecule has 0 aromatic heterocycles. The van der Waals surface area contributed by atoms with Crippen LogP contribution in [0, 0.1) is 0 Å². The third-order valence-corrected chi connectivity index (χ3v) is 5.38. The normalized spacial score (nSPS) is 17.9. The highest BCUT2D eigenvalue weighted by Gasteiger charge is 2.31. The van der Waals surface area contributed by atoms with Crippen LogP contribution in [0.3, 0.4) is 0 Å². The van der Waals surface area contributed by atoms with Crippen LogP contribution in [0.5, 0.6) is 0 Å². The van der Waals surface area contributed by atoms with Gasteiger partial charge < -0.3 is 14.8 Å². The van der Waals surface area contributed by atoms with Crippen molar-refractivity contribution in [2.75, 3.05) is 13.2 Å². The van der Waals surface area contributed by atoms with Crippen molar-refractivity contribution in [1.82, 2.24) is 0 Å². The van der Waals surface area contributed by atoms with Crippen molar-refractivity contribution < 1.29 is 14.8 Å². The summed E-state index contributed by atoms with van der Waals surface area (Å²) in [7, 11) is -2.49. The van der Waals surface area contributed by atoms with Crippen LogP contribution in [-0.2, 0) is 4.74 Å². The molecule has 1 aromatic carbocycles. The Balaban J connectivity index is 2.00. The van der Waals surface area contributed by atoms with Crippen molar-refractivity contribution in [3.05, 3.63) is 40.9 Å². The van der Waals surface area contributed by atoms with Gasteiger partial charge in [0.05, 0.1) is 6.61 Å². The zero-order valence-corrected chi connectivity index (χ0v) is 13.5. The monoisotopic (exact) mass is 290 g/mol. The zero-order valence-electron chi connectivity index (χ0n) is 12.5. The van der Waals surface area contributed by atoms with Crippen LogP contribution in [0.15, 0.2) is 29.7 Å². The van der Waals surface area contributed by atoms with Crippen LogP contribution < -0.4 is 0 Å². The molecule has 1 atom stereocenters. The second-order valence-corrected chi connectivity index (χ2v) is 12.2. The first kappa shape index (κ1) is 15.5. The number of fused-ring (bicyclic) bond motifs is 1. The minimum Gasteiger partial charge on any atom is -0.423 e. The molecule has 1 unspecified atom stereocenters. The van der Waals surface area contributed by atoms with Crippen LogP contribution in [0.2, 0.25) is 25.7 Å². The van der Waals surface area contributed by atoms with Crippen LogP contribution >= 0.6 is 0 Å². The van der Waals surface area contributed by atoms with Crippen molar-refractivity contribution in [2.45, 2.75) is 31.6 Å². The minimum atomic E-state index is -1.41. The fourth-order valence-electron chi connectivity index (χ4n) is 2.44. The van der Waals surface area contributed by atoms with Crippen molar-refractivity contribution in [2.24, 2.45) is 0 Å². The minimum absolute atomic E-state index is 0.0344. The number of benzene rings is 1. The van der Waals surface area contributed by atoms with Gasteiger partial charge in [0, 0.05) is 20.6 Å². The lowest BCUT2D eigenvalue weighted by Gasteiger charge is -2.19. The van der Waals surface area contributed by atoms with Gasteiger partial charge in [0.1, 0.15) is 0 Å². The van der Waals surface area contributed by atoms with Crippen molar-refractivity contribution in [3.8, 4) is 0 Å². The molecule has 0 bridgehead atoms. The van der Waals surface area contributed by atoms with E-state index in [0.717, 1.165) is 23.8 Å². The summed E-state index contributed by atoms with van der Waals surface area (Å²) in [5.41, 5.74) is 2.83. The van der Waals surface area contributed by atoms with Gasteiger partial charge in [0.25, 0.3) is 0 Å². The second kappa shape index (κ2) is 6.26. The number of hydrogen-bond donors (Lipinski definition) is 2. The number of hydrogen-bond acceptors (Lipinski definition) is 3. The average molecular weight is 290 g/mol. The van der Waals surface area contributed by atoms with Gasteiger partial charge in [0.15, 0.2) is 0 Å². The summed E-state index contributed by atoms with van der Waals surface area (Å²) >= 11 is 0. The summed E-state index contributed by atoms with van der Waals surface area (Å²) in [5, 5.41) is 19.0. The Bertz CT molecular complexity index is 494. The number of rotatable bonds is 6. The van der Waals surface area contributed by atoms with Crippen LogP contribution in [-0.4, -0.2) is 38.5 Å². The fourth-order valence-corrected chi connectivity index (χ4v) is 3.20. The predicted octanol–water partition coefficient (Wildman–Crippen LogP) is 2.53. The first-order chi connectivity index (χ1) is 9.38. The summed E-state index contributed by atoms with van der Waals surface area (Å²) < 4.78 is 5.80. The van der Waals surface area contributed by atoms with Gasteiger partial charge in [-0.3, -0.25) is 0 Å². The molecular weight excluding hydrogens is 267 g/mol. The summed E-state index contributed by atoms with van der Waals surface area (Å²) in [5.74, 6) is -0.0344. The zero-order chi connectivity index (χ0) is 14.8. The van der Waals surface area contributed by atoms with Crippen LogP contribution in [0.1, 0.15) is 17.0 Å². The quantitative estimate of drug-likeness (QED) is 0.625. The highest BCUT2D eigenvalue weighted by molar-refractivity contribution is 6.76. The van der Waals surface area contributed by atoms with E-state index >= 15 is 0 Å². The van der Waals surface area contributed by atoms with Gasteiger partial charge in [-0.05, 0) is 22.6 Å². The summed E-state index contributed by atoms with van der Waals surface area (Å²) in [6.07, 6.45) is 1.87. The van der Waals surface area contributed by atoms with E-state index in [9.17, 15) is 10.0 Å². The molecule has 2 rings (SSSR count). The largest absolute Gasteiger partial charge is 0.484 e. The molecular formula is C15H23BO3Si. The third kappa shape index (κ3) is 3.82. The van der Waals surface area contributed by atoms with Gasteiger partial charge in [-0.1, -0.05) is 50.0 Å². The van der Waals surface area contributed by atoms with Gasteiger partial charge in [-0.25, -0.2) is 0 Å². The lowest BCUT2D eigenvalue weighted by Crippen LogP contribution is -2.24. The second-order valence-electron chi connectivity index (χ2n) is 6.59. The van der Waals surface area contributed by atoms with E-state index in [1.165, 1.54) is 0 Å². The predicted molar refractivity (Wildman–Crippen MR) is 86.3 cm³/mol. The van der Waals surface area contributed by atoms with E-state index in [0.29, 0.717) is 12.1 Å². The van der Waals surface area contributed by atoms with Gasteiger partial charge in [-0.15, -0.1) is 0 Å². The molecule has 0 fully saturated rings. The lowest BCUT2D eigenvalue weighted by molar-refractivity contribution is 0.139. The van der Waals surface area contributed by atoms with E-state index in [4.69, 9.17) is 4.74 Å². The molecule has 20 heavy (non-hydrogen) atoms. The van der Waals surface area contributed by atoms with Crippen molar-refractivity contribution in [3.63, 3.8) is 0 Å². The molecule has 1 aromatic rings. The highest BCUT2D eigenvalue weighted by Crippen LogP contribution is 2.36. The third-order valence-electron chi connectivity index (χ3n) is 3.68. The lowest BCUT2D eigenvalue weighted by atomic mass is 9.72. The Labute approximate surface area is 122 Å². The maximum absolute atomic E-state index is 9.52. The molecule has 0 spiro atoms. The van der Waals surface area contributed by atoms with Crippen LogP contribution in [0.4, 0.5) is 0 Å². The molecule has 0 radical (unpaired) electrons. The standard InChI is InChI=1S/C15H23BO3Si/c1-20(2,3)9-8-19-11-14-13-7-5-4-6-12(13)10-15(14)16(17)18/h4-7,10,14,17-18H,8-9,11H2,1-3H3. The summed E-state index contributed by atoms with van der Waals surface area (Å²) in [6, 6.07) is 9.11. The molecule has 1 aliphatic rings. The highest BCUT2D eigenvalue weighted by atomic mass is 28.3. The average Bonchev–Trinajstić information content (AvgIpc) is 2.72. The van der Waals surface area contributed by atoms with E-state index < -0.39 is 15.2 Å². The molecule has 1 aliphatic carbocycles. The van der Waals surface area contributed by atoms with E-state index in [1.807, 2.05) is 30.3 Å². The Morgan fingerprint density at radius 3 is 2.55 bits per heavy atom. The molecule has 0 aliphatic heterocycles. The topological polar surface area (TPSA) is 49.7 Å². The maximum Gasteiger partial charge on any atom is 0.484 e. The molecule has 0 saturated heterocycles. The molecule has 108 valence electrons. The fraction of sp³-hybridized carbons (Fsp3) is 0.467. The first-order valence-corrected chi connectivity index (χ1v) is 10.8. The van der Waals surface area contributed by atoms with E-state index in [2.05, 4.69) is 19.6 Å². The van der Waals surface area contributed by atoms with Gasteiger partial charge in [-0.2, -0.15) is 0 Å². The summed E-state index contributed by atoms with van der Waals surface area (Å²) in [6.45, 7) is 8.24. The Morgan fingerprint density at radius 2 is 1.90 bits per heavy atom. The van der Waals surface area contributed by atoms with Crippen LogP contribution in [0.25, 0.3) is 6.08 Å². The molecule has 0 amide bonds. The van der Waals surface area contributed by atoms with Crippen molar-refractivity contribution >= 4 is 21.3 Å². The smallest absolute Gasteiger partial charge is 0.423 e. The molecule has 0 heterocycles. The Kier molecular flexibility index (Phi) is 4.86. The molecule has 3 nitrogen and oxygen atoms in total. The Hall–Kier alpha value is -0.878. The molecule has 5 heteroatoms. The summed E-state index contributed by atoms with van der Waals surface area (Å²) in [4.78, 5) is 0. The van der Waals surface area contributed by atoms with E-state index in [1.54, 1.807) is 0 Å². The van der Waals surface area contributed by atoms with Crippen molar-refractivity contribution in [1.29, 1.82) is 0 Å². The maximum atomic E-state index is 9.52. The molecule has 2 N–H and O–H groups in total. The Morgan fingerprint density at radius 1 is 1.20 bits per heavy atom.